The number of nitrogens with one attached hydrogen (secondary N) is 1. The summed E-state index contributed by atoms with van der Waals surface area (Å²) in [5.74, 6) is -1.55. The molecule has 3 aromatic rings. The van der Waals surface area contributed by atoms with Crippen LogP contribution in [0.2, 0.25) is 0 Å². The lowest BCUT2D eigenvalue weighted by Crippen LogP contribution is -2.24. The zero-order valence-corrected chi connectivity index (χ0v) is 12.9. The Balaban J connectivity index is 2.45. The highest BCUT2D eigenvalue weighted by Gasteiger charge is 2.24. The number of phenols is 1. The molecular formula is C17H15N3O4. The Kier molecular flexibility index (Phi) is 3.91. The molecule has 2 heterocycles. The molecule has 0 unspecified atom stereocenters. The molecule has 0 radical (unpaired) electrons. The minimum absolute atomic E-state index is 0.0623. The quantitative estimate of drug-likeness (QED) is 0.679. The molecule has 3 rings (SSSR count). The van der Waals surface area contributed by atoms with Crippen LogP contribution in [0.3, 0.4) is 0 Å². The van der Waals surface area contributed by atoms with E-state index in [4.69, 9.17) is 0 Å². The number of carboxylic acid groups (broad SMARTS) is 1. The molecule has 122 valence electrons. The lowest BCUT2D eigenvalue weighted by atomic mass is 10.0. The number of hydrogen-bond acceptors (Lipinski definition) is 5. The van der Waals surface area contributed by atoms with Gasteiger partial charge in [0.25, 0.3) is 5.56 Å². The second-order valence-electron chi connectivity index (χ2n) is 5.10. The summed E-state index contributed by atoms with van der Waals surface area (Å²) < 4.78 is 1.17. The molecule has 0 aliphatic carbocycles. The van der Waals surface area contributed by atoms with Gasteiger partial charge in [-0.05, 0) is 31.2 Å². The molecule has 0 saturated carbocycles. The maximum absolute atomic E-state index is 12.6. The molecule has 7 nitrogen and oxygen atoms in total. The van der Waals surface area contributed by atoms with E-state index in [0.29, 0.717) is 17.9 Å². The van der Waals surface area contributed by atoms with Crippen molar-refractivity contribution in [3.8, 4) is 17.0 Å². The first-order valence-corrected chi connectivity index (χ1v) is 7.35. The number of carboxylic acids is 1. The number of fused-ring (bicyclic) bond motifs is 1. The minimum atomic E-state index is -1.40. The zero-order chi connectivity index (χ0) is 17.3. The number of benzene rings is 1. The zero-order valence-electron chi connectivity index (χ0n) is 12.9. The molecule has 3 N–H and O–H groups in total. The highest BCUT2D eigenvalue weighted by molar-refractivity contribution is 5.98. The molecule has 0 atom stereocenters. The Hall–Kier alpha value is -3.35. The Morgan fingerprint density at radius 1 is 1.25 bits per heavy atom. The SMILES string of the molecule is CCNc1cccc(O)c1-c1nc2ccccn2c(=O)c1C(=O)O. The number of carbonyl (C=O) groups is 1. The van der Waals surface area contributed by atoms with E-state index >= 15 is 0 Å². The molecule has 1 aromatic carbocycles. The fourth-order valence-electron chi connectivity index (χ4n) is 2.59. The van der Waals surface area contributed by atoms with Crippen LogP contribution in [0.4, 0.5) is 5.69 Å². The maximum Gasteiger partial charge on any atom is 0.343 e. The summed E-state index contributed by atoms with van der Waals surface area (Å²) in [5, 5.41) is 22.8. The highest BCUT2D eigenvalue weighted by Crippen LogP contribution is 2.36. The number of aromatic hydroxyl groups is 1. The molecule has 2 aromatic heterocycles. The average Bonchev–Trinajstić information content (AvgIpc) is 2.55. The van der Waals surface area contributed by atoms with Crippen molar-refractivity contribution in [1.82, 2.24) is 9.38 Å². The van der Waals surface area contributed by atoms with Crippen molar-refractivity contribution in [3.63, 3.8) is 0 Å². The van der Waals surface area contributed by atoms with E-state index in [-0.39, 0.29) is 17.0 Å². The Morgan fingerprint density at radius 2 is 2.04 bits per heavy atom. The van der Waals surface area contributed by atoms with E-state index in [9.17, 15) is 19.8 Å². The molecule has 24 heavy (non-hydrogen) atoms. The maximum atomic E-state index is 12.6. The molecule has 0 saturated heterocycles. The summed E-state index contributed by atoms with van der Waals surface area (Å²) in [6, 6.07) is 9.66. The van der Waals surface area contributed by atoms with Crippen molar-refractivity contribution in [2.45, 2.75) is 6.92 Å². The number of pyridine rings is 1. The largest absolute Gasteiger partial charge is 0.507 e. The molecule has 0 bridgehead atoms. The third-order valence-electron chi connectivity index (χ3n) is 3.59. The fourth-order valence-corrected chi connectivity index (χ4v) is 2.59. The van der Waals surface area contributed by atoms with Crippen LogP contribution in [0.5, 0.6) is 5.75 Å². The summed E-state index contributed by atoms with van der Waals surface area (Å²) in [4.78, 5) is 28.6. The van der Waals surface area contributed by atoms with Gasteiger partial charge in [0, 0.05) is 18.4 Å². The molecule has 0 spiro atoms. The number of hydrogen-bond donors (Lipinski definition) is 3. The molecule has 0 aliphatic rings. The first-order valence-electron chi connectivity index (χ1n) is 7.35. The van der Waals surface area contributed by atoms with E-state index in [1.807, 2.05) is 6.92 Å². The summed E-state index contributed by atoms with van der Waals surface area (Å²) >= 11 is 0. The van der Waals surface area contributed by atoms with E-state index in [2.05, 4.69) is 10.3 Å². The average molecular weight is 325 g/mol. The standard InChI is InChI=1S/C17H15N3O4/c1-2-18-10-6-5-7-11(21)13(10)15-14(17(23)24)16(22)20-9-4-3-8-12(20)19-15/h3-9,18,21H,2H2,1H3,(H,23,24). The number of nitrogens with zero attached hydrogens (tertiary/aromatic N) is 2. The van der Waals surface area contributed by atoms with E-state index in [0.717, 1.165) is 0 Å². The van der Waals surface area contributed by atoms with Crippen molar-refractivity contribution in [3.05, 3.63) is 58.5 Å². The van der Waals surface area contributed by atoms with Crippen molar-refractivity contribution in [2.75, 3.05) is 11.9 Å². The molecule has 0 amide bonds. The minimum Gasteiger partial charge on any atom is -0.507 e. The predicted molar refractivity (Wildman–Crippen MR) is 89.7 cm³/mol. The first-order chi connectivity index (χ1) is 11.5. The van der Waals surface area contributed by atoms with Crippen LogP contribution in [-0.4, -0.2) is 32.1 Å². The number of anilines is 1. The van der Waals surface area contributed by atoms with Gasteiger partial charge in [-0.15, -0.1) is 0 Å². The number of aromatic nitrogens is 2. The lowest BCUT2D eigenvalue weighted by Gasteiger charge is -2.14. The van der Waals surface area contributed by atoms with Crippen LogP contribution in [0.1, 0.15) is 17.3 Å². The summed E-state index contributed by atoms with van der Waals surface area (Å²) in [6.07, 6.45) is 1.46. The topological polar surface area (TPSA) is 104 Å². The fraction of sp³-hybridized carbons (Fsp3) is 0.118. The third kappa shape index (κ3) is 2.45. The van der Waals surface area contributed by atoms with Crippen molar-refractivity contribution in [2.24, 2.45) is 0 Å². The molecule has 7 heteroatoms. The van der Waals surface area contributed by atoms with Gasteiger partial charge in [-0.2, -0.15) is 0 Å². The van der Waals surface area contributed by atoms with Gasteiger partial charge in [0.2, 0.25) is 0 Å². The number of aromatic carboxylic acids is 1. The normalized spacial score (nSPS) is 10.7. The molecular weight excluding hydrogens is 310 g/mol. The number of rotatable bonds is 4. The van der Waals surface area contributed by atoms with Gasteiger partial charge in [0.05, 0.1) is 11.3 Å². The van der Waals surface area contributed by atoms with Gasteiger partial charge < -0.3 is 15.5 Å². The first kappa shape index (κ1) is 15.5. The van der Waals surface area contributed by atoms with Crippen LogP contribution < -0.4 is 10.9 Å². The third-order valence-corrected chi connectivity index (χ3v) is 3.59. The van der Waals surface area contributed by atoms with Crippen LogP contribution in [0.15, 0.2) is 47.4 Å². The second-order valence-corrected chi connectivity index (χ2v) is 5.10. The van der Waals surface area contributed by atoms with Crippen LogP contribution in [-0.2, 0) is 0 Å². The summed E-state index contributed by atoms with van der Waals surface area (Å²) in [7, 11) is 0. The van der Waals surface area contributed by atoms with E-state index in [1.165, 1.54) is 16.7 Å². The van der Waals surface area contributed by atoms with E-state index < -0.39 is 17.1 Å². The lowest BCUT2D eigenvalue weighted by molar-refractivity contribution is 0.0695. The van der Waals surface area contributed by atoms with E-state index in [1.54, 1.807) is 30.3 Å². The van der Waals surface area contributed by atoms with Gasteiger partial charge in [0.15, 0.2) is 5.56 Å². The Morgan fingerprint density at radius 3 is 2.75 bits per heavy atom. The van der Waals surface area contributed by atoms with Crippen molar-refractivity contribution in [1.29, 1.82) is 0 Å². The van der Waals surface area contributed by atoms with Crippen LogP contribution in [0.25, 0.3) is 16.9 Å². The van der Waals surface area contributed by atoms with Gasteiger partial charge in [0.1, 0.15) is 11.4 Å². The van der Waals surface area contributed by atoms with Gasteiger partial charge in [-0.25, -0.2) is 9.78 Å². The van der Waals surface area contributed by atoms with Gasteiger partial charge >= 0.3 is 5.97 Å². The van der Waals surface area contributed by atoms with Gasteiger partial charge in [-0.1, -0.05) is 12.1 Å². The molecule has 0 fully saturated rings. The second kappa shape index (κ2) is 6.04. The summed E-state index contributed by atoms with van der Waals surface area (Å²) in [5.41, 5.74) is -0.249. The number of phenolic OH excluding ortho intramolecular Hbond substituents is 1. The molecule has 0 aliphatic heterocycles. The van der Waals surface area contributed by atoms with Gasteiger partial charge in [-0.3, -0.25) is 9.20 Å². The van der Waals surface area contributed by atoms with Crippen molar-refractivity contribution < 1.29 is 15.0 Å². The van der Waals surface area contributed by atoms with Crippen molar-refractivity contribution >= 4 is 17.3 Å². The highest BCUT2D eigenvalue weighted by atomic mass is 16.4. The summed E-state index contributed by atoms with van der Waals surface area (Å²) in [6.45, 7) is 2.43. The Labute approximate surface area is 136 Å². The Bertz CT molecular complexity index is 995. The predicted octanol–water partition coefficient (Wildman–Crippen LogP) is 2.20. The van der Waals surface area contributed by atoms with Crippen LogP contribution >= 0.6 is 0 Å². The smallest absolute Gasteiger partial charge is 0.343 e. The van der Waals surface area contributed by atoms with Crippen LogP contribution in [0, 0.1) is 0 Å². The monoisotopic (exact) mass is 325 g/mol.